The largest absolute Gasteiger partial charge is 0.491 e. The zero-order valence-electron chi connectivity index (χ0n) is 9.82. The smallest absolute Gasteiger partial charge is 0.148 e. The molecule has 0 unspecified atom stereocenters. The van der Waals surface area contributed by atoms with E-state index in [9.17, 15) is 9.50 Å². The van der Waals surface area contributed by atoms with E-state index < -0.39 is 6.10 Å². The van der Waals surface area contributed by atoms with Gasteiger partial charge in [-0.2, -0.15) is 0 Å². The third-order valence-electron chi connectivity index (χ3n) is 2.35. The zero-order valence-corrected chi connectivity index (χ0v) is 9.82. The van der Waals surface area contributed by atoms with Gasteiger partial charge in [-0.15, -0.1) is 5.10 Å². The Bertz CT molecular complexity index is 500. The number of rotatable bonds is 5. The van der Waals surface area contributed by atoms with Crippen LogP contribution in [0.15, 0.2) is 24.3 Å². The molecule has 2 rings (SSSR count). The summed E-state index contributed by atoms with van der Waals surface area (Å²) >= 11 is 0. The molecule has 1 atom stereocenters. The summed E-state index contributed by atoms with van der Waals surface area (Å²) in [6.07, 6.45) is -0.739. The first-order chi connectivity index (χ1) is 8.65. The van der Waals surface area contributed by atoms with Gasteiger partial charge in [0.25, 0.3) is 0 Å². The first-order valence-corrected chi connectivity index (χ1v) is 5.44. The van der Waals surface area contributed by atoms with Crippen LogP contribution in [0.4, 0.5) is 4.39 Å². The Kier molecular flexibility index (Phi) is 3.83. The minimum Gasteiger partial charge on any atom is -0.491 e. The summed E-state index contributed by atoms with van der Waals surface area (Å²) in [5, 5.41) is 20.6. The van der Waals surface area contributed by atoms with Crippen LogP contribution in [0.3, 0.4) is 0 Å². The molecule has 0 fully saturated rings. The number of hydrogen-bond acceptors (Lipinski definition) is 5. The first-order valence-electron chi connectivity index (χ1n) is 5.44. The summed E-state index contributed by atoms with van der Waals surface area (Å²) in [6.45, 7) is 2.08. The molecule has 0 saturated carbocycles. The molecule has 0 amide bonds. The molecule has 0 spiro atoms. The van der Waals surface area contributed by atoms with E-state index in [0.717, 1.165) is 0 Å². The van der Waals surface area contributed by atoms with E-state index in [1.54, 1.807) is 6.92 Å². The fourth-order valence-corrected chi connectivity index (χ4v) is 1.39. The van der Waals surface area contributed by atoms with Crippen LogP contribution in [0.2, 0.25) is 0 Å². The molecule has 0 aliphatic heterocycles. The fraction of sp³-hybridized carbons (Fsp3) is 0.364. The molecule has 0 bridgehead atoms. The van der Waals surface area contributed by atoms with Crippen molar-refractivity contribution in [3.63, 3.8) is 0 Å². The van der Waals surface area contributed by atoms with Gasteiger partial charge in [-0.25, -0.2) is 9.07 Å². The van der Waals surface area contributed by atoms with Gasteiger partial charge in [0.2, 0.25) is 0 Å². The highest BCUT2D eigenvalue weighted by Gasteiger charge is 2.09. The minimum atomic E-state index is -0.739. The maximum absolute atomic E-state index is 12.7. The minimum absolute atomic E-state index is 0.0882. The van der Waals surface area contributed by atoms with Crippen LogP contribution < -0.4 is 4.74 Å². The second kappa shape index (κ2) is 5.54. The quantitative estimate of drug-likeness (QED) is 0.841. The van der Waals surface area contributed by atoms with Gasteiger partial charge in [0.1, 0.15) is 30.1 Å². The van der Waals surface area contributed by atoms with Gasteiger partial charge in [0.15, 0.2) is 0 Å². The summed E-state index contributed by atoms with van der Waals surface area (Å²) in [5.74, 6) is 0.798. The molecule has 1 N–H and O–H groups in total. The van der Waals surface area contributed by atoms with E-state index in [2.05, 4.69) is 15.5 Å². The second-order valence-electron chi connectivity index (χ2n) is 3.83. The molecule has 1 aromatic carbocycles. The molecular weight excluding hydrogens is 239 g/mol. The van der Waals surface area contributed by atoms with E-state index in [4.69, 9.17) is 4.74 Å². The number of aliphatic hydroxyl groups excluding tert-OH is 1. The third-order valence-corrected chi connectivity index (χ3v) is 2.35. The fourth-order valence-electron chi connectivity index (χ4n) is 1.39. The SMILES string of the molecule is Cc1nnnn1C[C@@H](O)COc1ccc(F)cc1. The number of tetrazole rings is 1. The van der Waals surface area contributed by atoms with Crippen molar-refractivity contribution in [2.45, 2.75) is 19.6 Å². The average molecular weight is 252 g/mol. The van der Waals surface area contributed by atoms with Crippen molar-refractivity contribution in [3.8, 4) is 5.75 Å². The molecule has 7 heteroatoms. The monoisotopic (exact) mass is 252 g/mol. The summed E-state index contributed by atoms with van der Waals surface area (Å²) < 4.78 is 19.4. The van der Waals surface area contributed by atoms with Crippen molar-refractivity contribution >= 4 is 0 Å². The van der Waals surface area contributed by atoms with Crippen LogP contribution in [0.1, 0.15) is 5.82 Å². The Labute approximate surface area is 103 Å². The van der Waals surface area contributed by atoms with Crippen LogP contribution >= 0.6 is 0 Å². The van der Waals surface area contributed by atoms with Gasteiger partial charge in [-0.3, -0.25) is 0 Å². The van der Waals surface area contributed by atoms with Crippen LogP contribution in [0.25, 0.3) is 0 Å². The maximum atomic E-state index is 12.7. The highest BCUT2D eigenvalue weighted by atomic mass is 19.1. The molecule has 96 valence electrons. The van der Waals surface area contributed by atoms with Crippen molar-refractivity contribution in [3.05, 3.63) is 35.9 Å². The van der Waals surface area contributed by atoms with Crippen molar-refractivity contribution in [1.29, 1.82) is 0 Å². The Morgan fingerprint density at radius 3 is 2.72 bits per heavy atom. The summed E-state index contributed by atoms with van der Waals surface area (Å²) in [7, 11) is 0. The number of aliphatic hydroxyl groups is 1. The average Bonchev–Trinajstić information content (AvgIpc) is 2.74. The van der Waals surface area contributed by atoms with E-state index in [1.165, 1.54) is 28.9 Å². The van der Waals surface area contributed by atoms with Gasteiger partial charge in [0.05, 0.1) is 6.54 Å². The van der Waals surface area contributed by atoms with Crippen LogP contribution in [-0.2, 0) is 6.54 Å². The number of halogens is 1. The lowest BCUT2D eigenvalue weighted by Crippen LogP contribution is -2.24. The van der Waals surface area contributed by atoms with Gasteiger partial charge < -0.3 is 9.84 Å². The molecule has 2 aromatic rings. The summed E-state index contributed by atoms with van der Waals surface area (Å²) in [6, 6.07) is 5.61. The number of ether oxygens (including phenoxy) is 1. The number of aryl methyl sites for hydroxylation is 1. The summed E-state index contributed by atoms with van der Waals surface area (Å²) in [5.41, 5.74) is 0. The molecule has 6 nitrogen and oxygen atoms in total. The van der Waals surface area contributed by atoms with E-state index in [0.29, 0.717) is 11.6 Å². The summed E-state index contributed by atoms with van der Waals surface area (Å²) in [4.78, 5) is 0. The molecule has 1 aromatic heterocycles. The van der Waals surface area contributed by atoms with Crippen LogP contribution in [0, 0.1) is 12.7 Å². The standard InChI is InChI=1S/C11H13FN4O2/c1-8-13-14-15-16(8)6-10(17)7-18-11-4-2-9(12)3-5-11/h2-5,10,17H,6-7H2,1H3/t10-/m1/s1. The molecule has 0 aliphatic rings. The predicted octanol–water partition coefficient (Wildman–Crippen LogP) is 0.561. The maximum Gasteiger partial charge on any atom is 0.148 e. The van der Waals surface area contributed by atoms with E-state index in [1.807, 2.05) is 0 Å². The normalized spacial score (nSPS) is 12.4. The molecule has 0 radical (unpaired) electrons. The number of nitrogens with zero attached hydrogens (tertiary/aromatic N) is 4. The second-order valence-corrected chi connectivity index (χ2v) is 3.83. The number of hydrogen-bond donors (Lipinski definition) is 1. The number of aromatic nitrogens is 4. The van der Waals surface area contributed by atoms with Gasteiger partial charge in [-0.1, -0.05) is 0 Å². The lowest BCUT2D eigenvalue weighted by atomic mass is 10.3. The molecule has 0 aliphatic carbocycles. The molecular formula is C11H13FN4O2. The van der Waals surface area contributed by atoms with Crippen molar-refractivity contribution < 1.29 is 14.2 Å². The van der Waals surface area contributed by atoms with Crippen molar-refractivity contribution in [1.82, 2.24) is 20.2 Å². The third kappa shape index (κ3) is 3.24. The van der Waals surface area contributed by atoms with Crippen LogP contribution in [-0.4, -0.2) is 38.0 Å². The Hall–Kier alpha value is -2.02. The Morgan fingerprint density at radius 2 is 2.11 bits per heavy atom. The number of benzene rings is 1. The van der Waals surface area contributed by atoms with Gasteiger partial charge in [-0.05, 0) is 41.6 Å². The van der Waals surface area contributed by atoms with E-state index >= 15 is 0 Å². The van der Waals surface area contributed by atoms with Crippen molar-refractivity contribution in [2.75, 3.05) is 6.61 Å². The highest BCUT2D eigenvalue weighted by Crippen LogP contribution is 2.11. The van der Waals surface area contributed by atoms with Crippen molar-refractivity contribution in [2.24, 2.45) is 0 Å². The highest BCUT2D eigenvalue weighted by molar-refractivity contribution is 5.22. The Morgan fingerprint density at radius 1 is 1.39 bits per heavy atom. The lowest BCUT2D eigenvalue weighted by molar-refractivity contribution is 0.0882. The van der Waals surface area contributed by atoms with E-state index in [-0.39, 0.29) is 19.0 Å². The van der Waals surface area contributed by atoms with Gasteiger partial charge in [0, 0.05) is 0 Å². The van der Waals surface area contributed by atoms with Crippen LogP contribution in [0.5, 0.6) is 5.75 Å². The molecule has 1 heterocycles. The zero-order chi connectivity index (χ0) is 13.0. The molecule has 0 saturated heterocycles. The topological polar surface area (TPSA) is 73.1 Å². The first kappa shape index (κ1) is 12.4. The Balaban J connectivity index is 1.83. The van der Waals surface area contributed by atoms with Gasteiger partial charge >= 0.3 is 0 Å². The lowest BCUT2D eigenvalue weighted by Gasteiger charge is -2.12. The molecule has 18 heavy (non-hydrogen) atoms. The predicted molar refractivity (Wildman–Crippen MR) is 60.5 cm³/mol.